The van der Waals surface area contributed by atoms with Gasteiger partial charge in [-0.2, -0.15) is 0 Å². The molecule has 4 nitrogen and oxygen atoms in total. The zero-order valence-corrected chi connectivity index (χ0v) is 9.52. The van der Waals surface area contributed by atoms with E-state index >= 15 is 0 Å². The van der Waals surface area contributed by atoms with Crippen molar-refractivity contribution >= 4 is 0 Å². The molecule has 0 aromatic heterocycles. The fourth-order valence-electron chi connectivity index (χ4n) is 1.42. The lowest BCUT2D eigenvalue weighted by Crippen LogP contribution is -2.21. The highest BCUT2D eigenvalue weighted by Gasteiger charge is 2.31. The number of rotatable bonds is 5. The van der Waals surface area contributed by atoms with Crippen molar-refractivity contribution in [1.29, 1.82) is 0 Å². The van der Waals surface area contributed by atoms with E-state index in [4.69, 9.17) is 14.9 Å². The number of ether oxygens (including phenoxy) is 2. The summed E-state index contributed by atoms with van der Waals surface area (Å²) in [5.74, 6) is -0.439. The smallest absolute Gasteiger partial charge is 0.406 e. The lowest BCUT2D eigenvalue weighted by atomic mass is 10.1. The first-order valence-corrected chi connectivity index (χ1v) is 5.17. The number of hydrogen-bond acceptors (Lipinski definition) is 4. The average molecular weight is 266 g/mol. The second kappa shape index (κ2) is 6.03. The summed E-state index contributed by atoms with van der Waals surface area (Å²) in [5.41, 5.74) is 0.189. The standard InChI is InChI=1S/C11H13F3O4/c1-2-17-9(10(15)16)7-4-3-5-8(6-7)18-11(12,13)14/h3-6,9-10,15-16H,2H2,1H3. The van der Waals surface area contributed by atoms with Crippen LogP contribution in [0, 0.1) is 0 Å². The fourth-order valence-corrected chi connectivity index (χ4v) is 1.42. The molecule has 102 valence electrons. The second-order valence-corrected chi connectivity index (χ2v) is 3.41. The Kier molecular flexibility index (Phi) is 4.94. The largest absolute Gasteiger partial charge is 0.573 e. The third-order valence-corrected chi connectivity index (χ3v) is 2.04. The molecule has 0 aliphatic carbocycles. The van der Waals surface area contributed by atoms with Gasteiger partial charge in [-0.05, 0) is 24.6 Å². The third-order valence-electron chi connectivity index (χ3n) is 2.04. The van der Waals surface area contributed by atoms with Crippen LogP contribution in [0.3, 0.4) is 0 Å². The Morgan fingerprint density at radius 3 is 2.44 bits per heavy atom. The van der Waals surface area contributed by atoms with E-state index < -0.39 is 24.5 Å². The van der Waals surface area contributed by atoms with Crippen molar-refractivity contribution in [2.45, 2.75) is 25.7 Å². The lowest BCUT2D eigenvalue weighted by molar-refractivity contribution is -0.274. The highest BCUT2D eigenvalue weighted by molar-refractivity contribution is 5.30. The van der Waals surface area contributed by atoms with Crippen LogP contribution in [0.5, 0.6) is 5.75 Å². The highest BCUT2D eigenvalue weighted by atomic mass is 19.4. The van der Waals surface area contributed by atoms with Crippen LogP contribution >= 0.6 is 0 Å². The van der Waals surface area contributed by atoms with Crippen molar-refractivity contribution in [3.8, 4) is 5.75 Å². The Balaban J connectivity index is 2.92. The van der Waals surface area contributed by atoms with Gasteiger partial charge in [-0.25, -0.2) is 0 Å². The van der Waals surface area contributed by atoms with Gasteiger partial charge in [-0.15, -0.1) is 13.2 Å². The summed E-state index contributed by atoms with van der Waals surface area (Å²) < 4.78 is 44.9. The fraction of sp³-hybridized carbons (Fsp3) is 0.455. The summed E-state index contributed by atoms with van der Waals surface area (Å²) >= 11 is 0. The Bertz CT molecular complexity index is 379. The predicted molar refractivity (Wildman–Crippen MR) is 55.7 cm³/mol. The first-order valence-electron chi connectivity index (χ1n) is 5.17. The van der Waals surface area contributed by atoms with Crippen molar-refractivity contribution in [3.63, 3.8) is 0 Å². The molecule has 1 atom stereocenters. The first-order chi connectivity index (χ1) is 8.33. The SMILES string of the molecule is CCOC(c1cccc(OC(F)(F)F)c1)C(O)O. The summed E-state index contributed by atoms with van der Waals surface area (Å²) in [7, 11) is 0. The van der Waals surface area contributed by atoms with E-state index in [0.717, 1.165) is 12.1 Å². The quantitative estimate of drug-likeness (QED) is 0.800. The maximum Gasteiger partial charge on any atom is 0.573 e. The molecule has 18 heavy (non-hydrogen) atoms. The van der Waals surface area contributed by atoms with Crippen molar-refractivity contribution in [2.24, 2.45) is 0 Å². The number of aliphatic hydroxyl groups excluding tert-OH is 1. The van der Waals surface area contributed by atoms with Crippen LogP contribution in [-0.4, -0.2) is 29.5 Å². The molecule has 0 saturated heterocycles. The van der Waals surface area contributed by atoms with Crippen LogP contribution in [0.1, 0.15) is 18.6 Å². The van der Waals surface area contributed by atoms with Crippen molar-refractivity contribution in [2.75, 3.05) is 6.61 Å². The maximum absolute atomic E-state index is 12.0. The topological polar surface area (TPSA) is 58.9 Å². The molecule has 0 spiro atoms. The molecule has 1 aromatic carbocycles. The summed E-state index contributed by atoms with van der Waals surface area (Å²) in [4.78, 5) is 0. The summed E-state index contributed by atoms with van der Waals surface area (Å²) in [5, 5.41) is 18.2. The molecular weight excluding hydrogens is 253 g/mol. The minimum absolute atomic E-state index is 0.187. The van der Waals surface area contributed by atoms with E-state index in [1.165, 1.54) is 12.1 Å². The highest BCUT2D eigenvalue weighted by Crippen LogP contribution is 2.27. The van der Waals surface area contributed by atoms with Gasteiger partial charge in [-0.1, -0.05) is 12.1 Å². The number of alkyl halides is 3. The zero-order chi connectivity index (χ0) is 13.8. The molecule has 0 fully saturated rings. The molecule has 2 N–H and O–H groups in total. The summed E-state index contributed by atoms with van der Waals surface area (Å²) in [6.07, 6.45) is -7.74. The van der Waals surface area contributed by atoms with Gasteiger partial charge in [0.1, 0.15) is 11.9 Å². The van der Waals surface area contributed by atoms with Crippen molar-refractivity contribution in [3.05, 3.63) is 29.8 Å². The Morgan fingerprint density at radius 2 is 1.94 bits per heavy atom. The van der Waals surface area contributed by atoms with Gasteiger partial charge in [-0.3, -0.25) is 0 Å². The second-order valence-electron chi connectivity index (χ2n) is 3.41. The van der Waals surface area contributed by atoms with Crippen LogP contribution in [0.15, 0.2) is 24.3 Å². The number of benzene rings is 1. The normalized spacial score (nSPS) is 13.7. The molecule has 0 bridgehead atoms. The van der Waals surface area contributed by atoms with Gasteiger partial charge in [0.25, 0.3) is 0 Å². The zero-order valence-electron chi connectivity index (χ0n) is 9.52. The number of halogens is 3. The van der Waals surface area contributed by atoms with Gasteiger partial charge in [0.05, 0.1) is 0 Å². The molecule has 0 saturated carbocycles. The van der Waals surface area contributed by atoms with Crippen LogP contribution < -0.4 is 4.74 Å². The molecule has 0 heterocycles. The summed E-state index contributed by atoms with van der Waals surface area (Å²) in [6, 6.07) is 4.89. The Hall–Kier alpha value is -1.31. The third kappa shape index (κ3) is 4.52. The van der Waals surface area contributed by atoms with E-state index in [-0.39, 0.29) is 12.2 Å². The molecule has 0 amide bonds. The van der Waals surface area contributed by atoms with Crippen LogP contribution in [0.2, 0.25) is 0 Å². The van der Waals surface area contributed by atoms with Gasteiger partial charge < -0.3 is 19.7 Å². The monoisotopic (exact) mass is 266 g/mol. The van der Waals surface area contributed by atoms with E-state index in [9.17, 15) is 13.2 Å². The average Bonchev–Trinajstić information content (AvgIpc) is 2.23. The molecule has 7 heteroatoms. The minimum Gasteiger partial charge on any atom is -0.406 e. The number of hydrogen-bond donors (Lipinski definition) is 2. The Morgan fingerprint density at radius 1 is 1.28 bits per heavy atom. The van der Waals surface area contributed by atoms with Gasteiger partial charge >= 0.3 is 6.36 Å². The first kappa shape index (κ1) is 14.7. The van der Waals surface area contributed by atoms with Gasteiger partial charge in [0, 0.05) is 6.61 Å². The van der Waals surface area contributed by atoms with Crippen LogP contribution in [-0.2, 0) is 4.74 Å². The van der Waals surface area contributed by atoms with Gasteiger partial charge in [0.2, 0.25) is 0 Å². The maximum atomic E-state index is 12.0. The van der Waals surface area contributed by atoms with E-state index in [0.29, 0.717) is 0 Å². The molecule has 0 aliphatic heterocycles. The van der Waals surface area contributed by atoms with Crippen LogP contribution in [0.25, 0.3) is 0 Å². The molecule has 0 radical (unpaired) electrons. The summed E-state index contributed by atoms with van der Waals surface area (Å²) in [6.45, 7) is 1.82. The molecule has 1 unspecified atom stereocenters. The molecule has 1 aromatic rings. The molecule has 1 rings (SSSR count). The molecule has 0 aliphatic rings. The molecular formula is C11H13F3O4. The van der Waals surface area contributed by atoms with Gasteiger partial charge in [0.15, 0.2) is 6.29 Å². The van der Waals surface area contributed by atoms with Crippen LogP contribution in [0.4, 0.5) is 13.2 Å². The van der Waals surface area contributed by atoms with E-state index in [1.807, 2.05) is 0 Å². The minimum atomic E-state index is -4.79. The van der Waals surface area contributed by atoms with Crippen molar-refractivity contribution < 1.29 is 32.9 Å². The lowest BCUT2D eigenvalue weighted by Gasteiger charge is -2.20. The number of aliphatic hydroxyl groups is 2. The predicted octanol–water partition coefficient (Wildman–Crippen LogP) is 1.97. The van der Waals surface area contributed by atoms with E-state index in [1.54, 1.807) is 6.92 Å². The Labute approximate surface area is 102 Å². The van der Waals surface area contributed by atoms with E-state index in [2.05, 4.69) is 4.74 Å². The van der Waals surface area contributed by atoms with Crippen molar-refractivity contribution in [1.82, 2.24) is 0 Å².